The van der Waals surface area contributed by atoms with Gasteiger partial charge in [-0.3, -0.25) is 4.79 Å². The van der Waals surface area contributed by atoms with E-state index in [1.165, 1.54) is 12.0 Å². The van der Waals surface area contributed by atoms with Crippen LogP contribution in [0.1, 0.15) is 30.4 Å². The van der Waals surface area contributed by atoms with Gasteiger partial charge < -0.3 is 16.0 Å². The van der Waals surface area contributed by atoms with Crippen LogP contribution in [0.15, 0.2) is 53.0 Å². The zero-order valence-electron chi connectivity index (χ0n) is 15.3. The fourth-order valence-electron chi connectivity index (χ4n) is 3.40. The van der Waals surface area contributed by atoms with Gasteiger partial charge in [0.05, 0.1) is 6.54 Å². The van der Waals surface area contributed by atoms with E-state index in [1.54, 1.807) is 0 Å². The molecule has 2 aromatic rings. The van der Waals surface area contributed by atoms with Crippen molar-refractivity contribution in [1.29, 1.82) is 0 Å². The number of rotatable bonds is 6. The van der Waals surface area contributed by atoms with Gasteiger partial charge in [0.25, 0.3) is 0 Å². The molecule has 5 nitrogen and oxygen atoms in total. The minimum atomic E-state index is -0.320. The highest BCUT2D eigenvalue weighted by atomic mass is 79.9. The van der Waals surface area contributed by atoms with Crippen molar-refractivity contribution in [2.45, 2.75) is 31.6 Å². The summed E-state index contributed by atoms with van der Waals surface area (Å²) in [5, 5.41) is 8.37. The summed E-state index contributed by atoms with van der Waals surface area (Å²) in [6.07, 6.45) is 3.31. The van der Waals surface area contributed by atoms with E-state index in [0.717, 1.165) is 28.6 Å². The molecular formula is C21H24BrN3O2. The Labute approximate surface area is 168 Å². The molecule has 0 spiro atoms. The molecule has 3 amide bonds. The Morgan fingerprint density at radius 2 is 1.81 bits per heavy atom. The number of halogens is 1. The number of carbonyl (C=O) groups excluding carboxylic acids is 2. The molecule has 0 aliphatic heterocycles. The largest absolute Gasteiger partial charge is 0.337 e. The van der Waals surface area contributed by atoms with Crippen LogP contribution in [0.3, 0.4) is 0 Å². The Morgan fingerprint density at radius 1 is 1.07 bits per heavy atom. The van der Waals surface area contributed by atoms with Gasteiger partial charge >= 0.3 is 6.03 Å². The van der Waals surface area contributed by atoms with Crippen LogP contribution in [0.25, 0.3) is 0 Å². The lowest BCUT2D eigenvalue weighted by Crippen LogP contribution is -2.49. The Bertz CT molecular complexity index is 819. The van der Waals surface area contributed by atoms with Crippen molar-refractivity contribution in [3.05, 3.63) is 64.1 Å². The van der Waals surface area contributed by atoms with E-state index in [1.807, 2.05) is 43.3 Å². The predicted octanol–water partition coefficient (Wildman–Crippen LogP) is 4.12. The number of aryl methyl sites for hydroxylation is 1. The molecule has 142 valence electrons. The number of urea groups is 1. The van der Waals surface area contributed by atoms with E-state index in [2.05, 4.69) is 44.0 Å². The first-order valence-corrected chi connectivity index (χ1v) is 9.91. The van der Waals surface area contributed by atoms with Gasteiger partial charge in [-0.15, -0.1) is 0 Å². The zero-order valence-corrected chi connectivity index (χ0v) is 16.9. The molecule has 27 heavy (non-hydrogen) atoms. The lowest BCUT2D eigenvalue weighted by atomic mass is 9.64. The third-order valence-electron chi connectivity index (χ3n) is 5.16. The van der Waals surface area contributed by atoms with E-state index < -0.39 is 0 Å². The van der Waals surface area contributed by atoms with Crippen LogP contribution in [0, 0.1) is 6.92 Å². The first-order chi connectivity index (χ1) is 13.0. The van der Waals surface area contributed by atoms with Crippen LogP contribution in [0.4, 0.5) is 10.5 Å². The van der Waals surface area contributed by atoms with Crippen molar-refractivity contribution in [3.63, 3.8) is 0 Å². The first-order valence-electron chi connectivity index (χ1n) is 9.12. The minimum absolute atomic E-state index is 0.0232. The molecule has 0 aromatic heterocycles. The summed E-state index contributed by atoms with van der Waals surface area (Å²) < 4.78 is 0.957. The van der Waals surface area contributed by atoms with E-state index >= 15 is 0 Å². The van der Waals surface area contributed by atoms with Crippen molar-refractivity contribution in [3.8, 4) is 0 Å². The monoisotopic (exact) mass is 429 g/mol. The summed E-state index contributed by atoms with van der Waals surface area (Å²) in [4.78, 5) is 24.2. The normalized spacial score (nSPS) is 14.7. The van der Waals surface area contributed by atoms with Gasteiger partial charge in [0.1, 0.15) is 0 Å². The Hall–Kier alpha value is -2.34. The van der Waals surface area contributed by atoms with Crippen LogP contribution < -0.4 is 16.0 Å². The average molecular weight is 430 g/mol. The Balaban J connectivity index is 1.46. The number of hydrogen-bond donors (Lipinski definition) is 3. The maximum atomic E-state index is 12.1. The van der Waals surface area contributed by atoms with Crippen LogP contribution in [-0.2, 0) is 10.2 Å². The van der Waals surface area contributed by atoms with Crippen molar-refractivity contribution in [2.24, 2.45) is 0 Å². The zero-order chi connectivity index (χ0) is 19.3. The van der Waals surface area contributed by atoms with E-state index in [-0.39, 0.29) is 23.9 Å². The maximum absolute atomic E-state index is 12.1. The van der Waals surface area contributed by atoms with Crippen LogP contribution >= 0.6 is 15.9 Å². The molecule has 2 aromatic carbocycles. The second-order valence-corrected chi connectivity index (χ2v) is 7.96. The average Bonchev–Trinajstić information content (AvgIpc) is 2.62. The van der Waals surface area contributed by atoms with Crippen molar-refractivity contribution in [1.82, 2.24) is 10.6 Å². The maximum Gasteiger partial charge on any atom is 0.315 e. The fourth-order valence-corrected chi connectivity index (χ4v) is 3.87. The SMILES string of the molecule is Cc1cc(Br)ccc1NC(=O)CNC(=O)NCC1(c2ccccc2)CCC1. The van der Waals surface area contributed by atoms with Gasteiger partial charge in [0.2, 0.25) is 5.91 Å². The van der Waals surface area contributed by atoms with Gasteiger partial charge in [-0.05, 0) is 49.1 Å². The number of nitrogens with one attached hydrogen (secondary N) is 3. The molecule has 0 bridgehead atoms. The standard InChI is InChI=1S/C21H24BrN3O2/c1-15-12-17(22)8-9-18(15)25-19(26)13-23-20(27)24-14-21(10-5-11-21)16-6-3-2-4-7-16/h2-4,6-9,12H,5,10-11,13-14H2,1H3,(H,25,26)(H2,23,24,27). The predicted molar refractivity (Wildman–Crippen MR) is 111 cm³/mol. The van der Waals surface area contributed by atoms with Gasteiger partial charge in [-0.1, -0.05) is 52.7 Å². The minimum Gasteiger partial charge on any atom is -0.337 e. The summed E-state index contributed by atoms with van der Waals surface area (Å²) in [5.74, 6) is -0.253. The van der Waals surface area contributed by atoms with Crippen molar-refractivity contribution in [2.75, 3.05) is 18.4 Å². The number of amides is 3. The molecule has 0 radical (unpaired) electrons. The topological polar surface area (TPSA) is 70.2 Å². The smallest absolute Gasteiger partial charge is 0.315 e. The van der Waals surface area contributed by atoms with E-state index in [9.17, 15) is 9.59 Å². The van der Waals surface area contributed by atoms with Crippen LogP contribution in [0.2, 0.25) is 0 Å². The number of benzene rings is 2. The molecular weight excluding hydrogens is 406 g/mol. The second kappa shape index (κ2) is 8.57. The van der Waals surface area contributed by atoms with Crippen molar-refractivity contribution < 1.29 is 9.59 Å². The summed E-state index contributed by atoms with van der Waals surface area (Å²) in [6, 6.07) is 15.6. The summed E-state index contributed by atoms with van der Waals surface area (Å²) >= 11 is 3.39. The molecule has 0 heterocycles. The van der Waals surface area contributed by atoms with Gasteiger partial charge in [0.15, 0.2) is 0 Å². The number of carbonyl (C=O) groups is 2. The molecule has 1 saturated carbocycles. The molecule has 0 atom stereocenters. The molecule has 0 unspecified atom stereocenters. The highest BCUT2D eigenvalue weighted by Gasteiger charge is 2.38. The molecule has 3 N–H and O–H groups in total. The number of anilines is 1. The molecule has 6 heteroatoms. The molecule has 1 fully saturated rings. The van der Waals surface area contributed by atoms with E-state index in [4.69, 9.17) is 0 Å². The Kier molecular flexibility index (Phi) is 6.16. The highest BCUT2D eigenvalue weighted by molar-refractivity contribution is 9.10. The quantitative estimate of drug-likeness (QED) is 0.646. The third-order valence-corrected chi connectivity index (χ3v) is 5.65. The van der Waals surface area contributed by atoms with Gasteiger partial charge in [0, 0.05) is 22.1 Å². The molecule has 1 aliphatic carbocycles. The van der Waals surface area contributed by atoms with Gasteiger partial charge in [-0.25, -0.2) is 4.79 Å². The van der Waals surface area contributed by atoms with Crippen LogP contribution in [-0.4, -0.2) is 25.0 Å². The van der Waals surface area contributed by atoms with E-state index in [0.29, 0.717) is 6.54 Å². The van der Waals surface area contributed by atoms with Crippen molar-refractivity contribution >= 4 is 33.6 Å². The first kappa shape index (κ1) is 19.4. The van der Waals surface area contributed by atoms with Crippen LogP contribution in [0.5, 0.6) is 0 Å². The third kappa shape index (κ3) is 4.89. The molecule has 1 aliphatic rings. The number of hydrogen-bond acceptors (Lipinski definition) is 2. The summed E-state index contributed by atoms with van der Waals surface area (Å²) in [5.41, 5.74) is 2.98. The highest BCUT2D eigenvalue weighted by Crippen LogP contribution is 2.43. The fraction of sp³-hybridized carbons (Fsp3) is 0.333. The van der Waals surface area contributed by atoms with Gasteiger partial charge in [-0.2, -0.15) is 0 Å². The molecule has 0 saturated heterocycles. The summed E-state index contributed by atoms with van der Waals surface area (Å²) in [6.45, 7) is 2.43. The Morgan fingerprint density at radius 3 is 2.44 bits per heavy atom. The molecule has 3 rings (SSSR count). The summed E-state index contributed by atoms with van der Waals surface area (Å²) in [7, 11) is 0. The lowest BCUT2D eigenvalue weighted by Gasteiger charge is -2.42. The second-order valence-electron chi connectivity index (χ2n) is 7.04. The lowest BCUT2D eigenvalue weighted by molar-refractivity contribution is -0.115.